The van der Waals surface area contributed by atoms with E-state index < -0.39 is 15.6 Å². The van der Waals surface area contributed by atoms with E-state index in [2.05, 4.69) is 4.72 Å². The second-order valence-corrected chi connectivity index (χ2v) is 7.07. The first-order valence-electron chi connectivity index (χ1n) is 6.46. The molecule has 0 spiro atoms. The first kappa shape index (κ1) is 17.1. The van der Waals surface area contributed by atoms with Crippen LogP contribution in [0.1, 0.15) is 24.5 Å². The number of hydrogen-bond donors (Lipinski definition) is 2. The number of hydrogen-bond acceptors (Lipinski definition) is 4. The molecule has 0 heterocycles. The number of aliphatic hydroxyl groups is 1. The molecule has 1 aromatic rings. The van der Waals surface area contributed by atoms with Crippen LogP contribution in [0.25, 0.3) is 0 Å². The van der Waals surface area contributed by atoms with Gasteiger partial charge in [-0.1, -0.05) is 17.7 Å². The minimum absolute atomic E-state index is 0.0496. The number of ether oxygens (including phenoxy) is 1. The van der Waals surface area contributed by atoms with Crippen LogP contribution < -0.4 is 4.72 Å². The maximum atomic E-state index is 12.2. The molecule has 0 aliphatic carbocycles. The second kappa shape index (κ2) is 6.67. The lowest BCUT2D eigenvalue weighted by Crippen LogP contribution is -2.41. The molecule has 0 fully saturated rings. The standard InChI is InChI=1S/C14H23NO4S/c1-11-5-6-13(12(2)9-11)20(17,18)15-10-14(3,16)7-8-19-4/h5-6,9,15-16H,7-8,10H2,1-4H3. The Morgan fingerprint density at radius 2 is 2.00 bits per heavy atom. The lowest BCUT2D eigenvalue weighted by Gasteiger charge is -2.23. The summed E-state index contributed by atoms with van der Waals surface area (Å²) in [6, 6.07) is 5.15. The molecule has 0 aromatic heterocycles. The monoisotopic (exact) mass is 301 g/mol. The molecule has 0 saturated carbocycles. The van der Waals surface area contributed by atoms with Gasteiger partial charge in [-0.15, -0.1) is 0 Å². The molecule has 2 N–H and O–H groups in total. The Balaban J connectivity index is 2.80. The highest BCUT2D eigenvalue weighted by atomic mass is 32.2. The summed E-state index contributed by atoms with van der Waals surface area (Å²) in [4.78, 5) is 0.241. The first-order chi connectivity index (χ1) is 9.18. The molecule has 0 radical (unpaired) electrons. The summed E-state index contributed by atoms with van der Waals surface area (Å²) in [5.74, 6) is 0. The zero-order valence-corrected chi connectivity index (χ0v) is 13.3. The number of methoxy groups -OCH3 is 1. The van der Waals surface area contributed by atoms with Crippen molar-refractivity contribution in [3.05, 3.63) is 29.3 Å². The van der Waals surface area contributed by atoms with E-state index in [4.69, 9.17) is 4.74 Å². The van der Waals surface area contributed by atoms with E-state index in [1.807, 2.05) is 13.0 Å². The zero-order chi connectivity index (χ0) is 15.4. The summed E-state index contributed by atoms with van der Waals surface area (Å²) < 4.78 is 31.8. The van der Waals surface area contributed by atoms with Gasteiger partial charge in [0.15, 0.2) is 0 Å². The van der Waals surface area contributed by atoms with Gasteiger partial charge in [-0.3, -0.25) is 0 Å². The molecule has 1 unspecified atom stereocenters. The van der Waals surface area contributed by atoms with Crippen LogP contribution in [0.15, 0.2) is 23.1 Å². The van der Waals surface area contributed by atoms with E-state index in [1.165, 1.54) is 7.11 Å². The Hall–Kier alpha value is -0.950. The van der Waals surface area contributed by atoms with E-state index in [0.29, 0.717) is 18.6 Å². The van der Waals surface area contributed by atoms with Crippen molar-refractivity contribution in [1.82, 2.24) is 4.72 Å². The molecule has 5 nitrogen and oxygen atoms in total. The Labute approximate surface area is 121 Å². The summed E-state index contributed by atoms with van der Waals surface area (Å²) in [5.41, 5.74) is 0.560. The number of aryl methyl sites for hydroxylation is 2. The van der Waals surface area contributed by atoms with E-state index >= 15 is 0 Å². The molecule has 20 heavy (non-hydrogen) atoms. The molecule has 0 saturated heterocycles. The van der Waals surface area contributed by atoms with Gasteiger partial charge >= 0.3 is 0 Å². The van der Waals surface area contributed by atoms with Crippen LogP contribution >= 0.6 is 0 Å². The van der Waals surface area contributed by atoms with Crippen LogP contribution in [0.3, 0.4) is 0 Å². The van der Waals surface area contributed by atoms with Crippen LogP contribution in [-0.4, -0.2) is 39.4 Å². The Morgan fingerprint density at radius 3 is 2.55 bits per heavy atom. The van der Waals surface area contributed by atoms with Gasteiger partial charge in [-0.2, -0.15) is 0 Å². The first-order valence-corrected chi connectivity index (χ1v) is 7.94. The fourth-order valence-corrected chi connectivity index (χ4v) is 3.23. The molecule has 0 aliphatic heterocycles. The molecular formula is C14H23NO4S. The molecule has 6 heteroatoms. The number of rotatable bonds is 7. The van der Waals surface area contributed by atoms with Crippen molar-refractivity contribution < 1.29 is 18.3 Å². The van der Waals surface area contributed by atoms with Gasteiger partial charge in [-0.25, -0.2) is 13.1 Å². The van der Waals surface area contributed by atoms with E-state index in [9.17, 15) is 13.5 Å². The Bertz CT molecular complexity index is 552. The largest absolute Gasteiger partial charge is 0.389 e. The van der Waals surface area contributed by atoms with Crippen molar-refractivity contribution in [2.75, 3.05) is 20.3 Å². The van der Waals surface area contributed by atoms with Crippen molar-refractivity contribution in [2.45, 2.75) is 37.7 Å². The van der Waals surface area contributed by atoms with Crippen LogP contribution in [0.2, 0.25) is 0 Å². The smallest absolute Gasteiger partial charge is 0.240 e. The van der Waals surface area contributed by atoms with Crippen molar-refractivity contribution in [2.24, 2.45) is 0 Å². The summed E-state index contributed by atoms with van der Waals surface area (Å²) in [6.45, 7) is 5.57. The van der Waals surface area contributed by atoms with Gasteiger partial charge in [0.1, 0.15) is 0 Å². The fraction of sp³-hybridized carbons (Fsp3) is 0.571. The van der Waals surface area contributed by atoms with Crippen molar-refractivity contribution in [3.8, 4) is 0 Å². The van der Waals surface area contributed by atoms with E-state index in [-0.39, 0.29) is 11.4 Å². The van der Waals surface area contributed by atoms with Gasteiger partial charge in [-0.05, 0) is 32.4 Å². The van der Waals surface area contributed by atoms with Gasteiger partial charge in [0.05, 0.1) is 10.5 Å². The molecule has 1 aromatic carbocycles. The Morgan fingerprint density at radius 1 is 1.35 bits per heavy atom. The van der Waals surface area contributed by atoms with Crippen LogP contribution in [0.5, 0.6) is 0 Å². The predicted molar refractivity (Wildman–Crippen MR) is 78.2 cm³/mol. The fourth-order valence-electron chi connectivity index (χ4n) is 1.84. The highest BCUT2D eigenvalue weighted by molar-refractivity contribution is 7.89. The van der Waals surface area contributed by atoms with Gasteiger partial charge in [0, 0.05) is 26.7 Å². The highest BCUT2D eigenvalue weighted by Gasteiger charge is 2.24. The van der Waals surface area contributed by atoms with Crippen molar-refractivity contribution in [3.63, 3.8) is 0 Å². The maximum Gasteiger partial charge on any atom is 0.240 e. The number of benzene rings is 1. The summed E-state index contributed by atoms with van der Waals surface area (Å²) in [7, 11) is -2.08. The molecule has 114 valence electrons. The van der Waals surface area contributed by atoms with Gasteiger partial charge in [0.25, 0.3) is 0 Å². The van der Waals surface area contributed by atoms with Crippen molar-refractivity contribution >= 4 is 10.0 Å². The average molecular weight is 301 g/mol. The molecule has 0 bridgehead atoms. The number of sulfonamides is 1. The second-order valence-electron chi connectivity index (χ2n) is 5.33. The third-order valence-electron chi connectivity index (χ3n) is 3.11. The van der Waals surface area contributed by atoms with Gasteiger partial charge < -0.3 is 9.84 Å². The average Bonchev–Trinajstić information content (AvgIpc) is 2.34. The van der Waals surface area contributed by atoms with Crippen LogP contribution in [0.4, 0.5) is 0 Å². The van der Waals surface area contributed by atoms with Crippen molar-refractivity contribution in [1.29, 1.82) is 0 Å². The Kier molecular flexibility index (Phi) is 5.70. The third-order valence-corrected chi connectivity index (χ3v) is 4.67. The minimum Gasteiger partial charge on any atom is -0.389 e. The quantitative estimate of drug-likeness (QED) is 0.797. The molecule has 0 aliphatic rings. The summed E-state index contributed by atoms with van der Waals surface area (Å²) in [5, 5.41) is 10.1. The molecule has 1 rings (SSSR count). The maximum absolute atomic E-state index is 12.2. The SMILES string of the molecule is COCCC(C)(O)CNS(=O)(=O)c1ccc(C)cc1C. The van der Waals surface area contributed by atoms with E-state index in [1.54, 1.807) is 26.0 Å². The number of nitrogens with one attached hydrogen (secondary N) is 1. The van der Waals surface area contributed by atoms with Crippen LogP contribution in [-0.2, 0) is 14.8 Å². The van der Waals surface area contributed by atoms with E-state index in [0.717, 1.165) is 5.56 Å². The summed E-state index contributed by atoms with van der Waals surface area (Å²) >= 11 is 0. The van der Waals surface area contributed by atoms with Crippen LogP contribution in [0, 0.1) is 13.8 Å². The third kappa shape index (κ3) is 4.86. The predicted octanol–water partition coefficient (Wildman–Crippen LogP) is 1.37. The molecular weight excluding hydrogens is 278 g/mol. The zero-order valence-electron chi connectivity index (χ0n) is 12.4. The topological polar surface area (TPSA) is 75.6 Å². The normalized spacial score (nSPS) is 15.1. The lowest BCUT2D eigenvalue weighted by molar-refractivity contribution is 0.0292. The van der Waals surface area contributed by atoms with Gasteiger partial charge in [0.2, 0.25) is 10.0 Å². The summed E-state index contributed by atoms with van der Waals surface area (Å²) in [6.07, 6.45) is 0.360. The highest BCUT2D eigenvalue weighted by Crippen LogP contribution is 2.17. The lowest BCUT2D eigenvalue weighted by atomic mass is 10.0. The minimum atomic E-state index is -3.62. The molecule has 0 amide bonds. The molecule has 1 atom stereocenters.